The van der Waals surface area contributed by atoms with Crippen LogP contribution in [0.25, 0.3) is 0 Å². The molecule has 0 aliphatic heterocycles. The molecule has 1 N–H and O–H groups in total. The van der Waals surface area contributed by atoms with Crippen molar-refractivity contribution in [2.75, 3.05) is 0 Å². The van der Waals surface area contributed by atoms with E-state index < -0.39 is 5.97 Å². The molecule has 4 nitrogen and oxygen atoms in total. The van der Waals surface area contributed by atoms with Gasteiger partial charge in [-0.1, -0.05) is 120 Å². The Balaban J connectivity index is 4.07. The van der Waals surface area contributed by atoms with Gasteiger partial charge in [-0.15, -0.1) is 0 Å². The molecule has 0 saturated carbocycles. The molecular formula is C36H60O4. The quantitative estimate of drug-likeness (QED) is 0.0591. The van der Waals surface area contributed by atoms with Gasteiger partial charge in [0.15, 0.2) is 0 Å². The molecule has 4 heteroatoms. The molecule has 228 valence electrons. The van der Waals surface area contributed by atoms with Crippen LogP contribution in [-0.2, 0) is 14.3 Å². The summed E-state index contributed by atoms with van der Waals surface area (Å²) >= 11 is 0. The third-order valence-corrected chi connectivity index (χ3v) is 6.75. The molecule has 0 aliphatic carbocycles. The third kappa shape index (κ3) is 30.2. The molecule has 0 spiro atoms. The third-order valence-electron chi connectivity index (χ3n) is 6.75. The molecule has 0 radical (unpaired) electrons. The van der Waals surface area contributed by atoms with E-state index >= 15 is 0 Å². The maximum atomic E-state index is 12.5. The first-order chi connectivity index (χ1) is 19.6. The Morgan fingerprint density at radius 3 is 1.57 bits per heavy atom. The summed E-state index contributed by atoms with van der Waals surface area (Å²) in [5.41, 5.74) is 0. The standard InChI is InChI=1S/C36H60O4/c1-3-5-7-9-11-12-13-14-15-16-17-18-19-20-22-24-29-33-36(39)40-34(31-27-25-28-32-35(37)38)30-26-23-21-10-8-6-4-2/h5,7,11-12,14-15,17-18,20,22,34H,3-4,6,8-10,13,16,19,21,23-33H2,1-2H3,(H,37,38)/b7-5-,12-11-,15-14-,18-17-,22-20-. The largest absolute Gasteiger partial charge is 0.481 e. The molecule has 0 aliphatic rings. The van der Waals surface area contributed by atoms with Crippen LogP contribution >= 0.6 is 0 Å². The zero-order valence-corrected chi connectivity index (χ0v) is 25.9. The normalized spacial score (nSPS) is 13.1. The summed E-state index contributed by atoms with van der Waals surface area (Å²) in [6.07, 6.45) is 42.3. The SMILES string of the molecule is CC/C=C\C/C=C\C/C=C\C/C=C\C/C=C\CCCC(=O)OC(CCCCCCCCC)CCCCCC(=O)O. The molecule has 0 saturated heterocycles. The van der Waals surface area contributed by atoms with E-state index in [9.17, 15) is 9.59 Å². The number of rotatable bonds is 28. The zero-order chi connectivity index (χ0) is 29.4. The molecule has 0 bridgehead atoms. The summed E-state index contributed by atoms with van der Waals surface area (Å²) in [7, 11) is 0. The van der Waals surface area contributed by atoms with Crippen molar-refractivity contribution in [2.45, 2.75) is 155 Å². The van der Waals surface area contributed by atoms with Crippen LogP contribution in [0.2, 0.25) is 0 Å². The molecule has 0 amide bonds. The summed E-state index contributed by atoms with van der Waals surface area (Å²) < 4.78 is 5.85. The second kappa shape index (κ2) is 31.2. The molecule has 1 atom stereocenters. The Kier molecular flexibility index (Phi) is 29.3. The minimum atomic E-state index is -0.737. The van der Waals surface area contributed by atoms with E-state index in [1.165, 1.54) is 38.5 Å². The lowest BCUT2D eigenvalue weighted by molar-refractivity contribution is -0.150. The minimum absolute atomic E-state index is 0.0262. The fraction of sp³-hybridized carbons (Fsp3) is 0.667. The molecule has 0 fully saturated rings. The van der Waals surface area contributed by atoms with Gasteiger partial charge in [-0.05, 0) is 77.0 Å². The van der Waals surface area contributed by atoms with Gasteiger partial charge in [0.2, 0.25) is 0 Å². The van der Waals surface area contributed by atoms with Gasteiger partial charge >= 0.3 is 11.9 Å². The Bertz CT molecular complexity index is 729. The number of unbranched alkanes of at least 4 members (excludes halogenated alkanes) is 9. The Hall–Kier alpha value is -2.36. The monoisotopic (exact) mass is 556 g/mol. The molecular weight excluding hydrogens is 496 g/mol. The zero-order valence-electron chi connectivity index (χ0n) is 25.9. The van der Waals surface area contributed by atoms with E-state index in [4.69, 9.17) is 9.84 Å². The van der Waals surface area contributed by atoms with Crippen molar-refractivity contribution in [3.8, 4) is 0 Å². The van der Waals surface area contributed by atoms with Gasteiger partial charge in [0.25, 0.3) is 0 Å². The maximum Gasteiger partial charge on any atom is 0.306 e. The number of carbonyl (C=O) groups excluding carboxylic acids is 1. The summed E-state index contributed by atoms with van der Waals surface area (Å²) in [6, 6.07) is 0. The fourth-order valence-electron chi connectivity index (χ4n) is 4.39. The van der Waals surface area contributed by atoms with Crippen molar-refractivity contribution >= 4 is 11.9 Å². The van der Waals surface area contributed by atoms with E-state index in [2.05, 4.69) is 74.6 Å². The van der Waals surface area contributed by atoms with Crippen LogP contribution < -0.4 is 0 Å². The van der Waals surface area contributed by atoms with Crippen molar-refractivity contribution in [1.29, 1.82) is 0 Å². The maximum absolute atomic E-state index is 12.5. The number of hydrogen-bond acceptors (Lipinski definition) is 3. The highest BCUT2D eigenvalue weighted by Crippen LogP contribution is 2.17. The molecule has 1 unspecified atom stereocenters. The topological polar surface area (TPSA) is 63.6 Å². The Morgan fingerprint density at radius 2 is 1.05 bits per heavy atom. The van der Waals surface area contributed by atoms with E-state index in [-0.39, 0.29) is 18.5 Å². The van der Waals surface area contributed by atoms with Gasteiger partial charge in [0, 0.05) is 12.8 Å². The van der Waals surface area contributed by atoms with Crippen LogP contribution in [0.5, 0.6) is 0 Å². The molecule has 40 heavy (non-hydrogen) atoms. The second-order valence-electron chi connectivity index (χ2n) is 10.6. The Morgan fingerprint density at radius 1 is 0.575 bits per heavy atom. The van der Waals surface area contributed by atoms with Crippen molar-refractivity contribution in [3.63, 3.8) is 0 Å². The van der Waals surface area contributed by atoms with Crippen molar-refractivity contribution in [2.24, 2.45) is 0 Å². The van der Waals surface area contributed by atoms with Crippen molar-refractivity contribution < 1.29 is 19.4 Å². The van der Waals surface area contributed by atoms with Crippen LogP contribution in [0.1, 0.15) is 149 Å². The van der Waals surface area contributed by atoms with Gasteiger partial charge in [0.1, 0.15) is 6.10 Å². The van der Waals surface area contributed by atoms with Crippen molar-refractivity contribution in [3.05, 3.63) is 60.8 Å². The first kappa shape index (κ1) is 37.6. The number of carbonyl (C=O) groups is 2. The van der Waals surface area contributed by atoms with Crippen molar-refractivity contribution in [1.82, 2.24) is 0 Å². The van der Waals surface area contributed by atoms with E-state index in [0.717, 1.165) is 77.0 Å². The molecule has 0 aromatic carbocycles. The second-order valence-corrected chi connectivity index (χ2v) is 10.6. The summed E-state index contributed by atoms with van der Waals surface area (Å²) in [6.45, 7) is 4.39. The highest BCUT2D eigenvalue weighted by atomic mass is 16.5. The lowest BCUT2D eigenvalue weighted by Crippen LogP contribution is -2.18. The van der Waals surface area contributed by atoms with Gasteiger partial charge in [0.05, 0.1) is 0 Å². The van der Waals surface area contributed by atoms with Gasteiger partial charge in [-0.25, -0.2) is 0 Å². The van der Waals surface area contributed by atoms with Gasteiger partial charge < -0.3 is 9.84 Å². The summed E-state index contributed by atoms with van der Waals surface area (Å²) in [5, 5.41) is 8.82. The van der Waals surface area contributed by atoms with Gasteiger partial charge in [-0.2, -0.15) is 0 Å². The average molecular weight is 557 g/mol. The average Bonchev–Trinajstić information content (AvgIpc) is 2.93. The van der Waals surface area contributed by atoms with Crippen LogP contribution in [0.4, 0.5) is 0 Å². The minimum Gasteiger partial charge on any atom is -0.481 e. The number of ether oxygens (including phenoxy) is 1. The van der Waals surface area contributed by atoms with E-state index in [1.807, 2.05) is 0 Å². The number of hydrogen-bond donors (Lipinski definition) is 1. The highest BCUT2D eigenvalue weighted by molar-refractivity contribution is 5.69. The lowest BCUT2D eigenvalue weighted by atomic mass is 10.0. The number of aliphatic carboxylic acids is 1. The summed E-state index contributed by atoms with van der Waals surface area (Å²) in [5.74, 6) is -0.829. The molecule has 0 heterocycles. The first-order valence-corrected chi connectivity index (χ1v) is 16.3. The lowest BCUT2D eigenvalue weighted by Gasteiger charge is -2.18. The van der Waals surface area contributed by atoms with Crippen LogP contribution in [0.3, 0.4) is 0 Å². The number of esters is 1. The predicted octanol–water partition coefficient (Wildman–Crippen LogP) is 11.0. The van der Waals surface area contributed by atoms with Crippen LogP contribution in [0.15, 0.2) is 60.8 Å². The number of carboxylic acids is 1. The van der Waals surface area contributed by atoms with E-state index in [0.29, 0.717) is 12.8 Å². The molecule has 0 aromatic heterocycles. The highest BCUT2D eigenvalue weighted by Gasteiger charge is 2.14. The van der Waals surface area contributed by atoms with Crippen LogP contribution in [0, 0.1) is 0 Å². The van der Waals surface area contributed by atoms with Crippen LogP contribution in [-0.4, -0.2) is 23.1 Å². The number of allylic oxidation sites excluding steroid dienone is 10. The first-order valence-electron chi connectivity index (χ1n) is 16.3. The number of carboxylic acid groups (broad SMARTS) is 1. The van der Waals surface area contributed by atoms with Gasteiger partial charge in [-0.3, -0.25) is 9.59 Å². The fourth-order valence-corrected chi connectivity index (χ4v) is 4.39. The predicted molar refractivity (Wildman–Crippen MR) is 172 cm³/mol. The molecule has 0 aromatic rings. The van der Waals surface area contributed by atoms with E-state index in [1.54, 1.807) is 0 Å². The molecule has 0 rings (SSSR count). The summed E-state index contributed by atoms with van der Waals surface area (Å²) in [4.78, 5) is 23.2. The Labute approximate surface area is 246 Å². The smallest absolute Gasteiger partial charge is 0.306 e.